The fourth-order valence-corrected chi connectivity index (χ4v) is 2.10. The highest BCUT2D eigenvalue weighted by Crippen LogP contribution is 2.18. The molecule has 0 saturated heterocycles. The molecule has 0 amide bonds. The molecule has 0 saturated carbocycles. The molecule has 1 aromatic heterocycles. The standard InChI is InChI=1S/C14H18FN5O/c1-3-11-12(8-20(2)18-11)17-7-9-5-4-6-10(13(9)15)14(16)19-21/h4-6,8,17,21H,3,7H2,1-2H3,(H2,16,19). The number of nitrogens with one attached hydrogen (secondary N) is 1. The van der Waals surface area contributed by atoms with Crippen LogP contribution in [0.4, 0.5) is 10.1 Å². The van der Waals surface area contributed by atoms with Crippen molar-refractivity contribution in [3.8, 4) is 0 Å². The van der Waals surface area contributed by atoms with Gasteiger partial charge in [-0.1, -0.05) is 24.2 Å². The van der Waals surface area contributed by atoms with E-state index >= 15 is 0 Å². The van der Waals surface area contributed by atoms with Gasteiger partial charge in [-0.25, -0.2) is 4.39 Å². The van der Waals surface area contributed by atoms with Crippen LogP contribution in [0.5, 0.6) is 0 Å². The first-order valence-electron chi connectivity index (χ1n) is 6.58. The van der Waals surface area contributed by atoms with Gasteiger partial charge in [0.15, 0.2) is 5.84 Å². The zero-order chi connectivity index (χ0) is 15.4. The van der Waals surface area contributed by atoms with E-state index in [1.807, 2.05) is 20.2 Å². The Morgan fingerprint density at radius 1 is 1.52 bits per heavy atom. The number of rotatable bonds is 5. The van der Waals surface area contributed by atoms with Crippen molar-refractivity contribution in [2.75, 3.05) is 5.32 Å². The summed E-state index contributed by atoms with van der Waals surface area (Å²) in [7, 11) is 1.84. The first kappa shape index (κ1) is 14.8. The van der Waals surface area contributed by atoms with Crippen LogP contribution in [0.1, 0.15) is 23.7 Å². The summed E-state index contributed by atoms with van der Waals surface area (Å²) in [6.07, 6.45) is 2.64. The Morgan fingerprint density at radius 3 is 2.95 bits per heavy atom. The average Bonchev–Trinajstić information content (AvgIpc) is 2.85. The Hall–Kier alpha value is -2.57. The number of nitrogens with two attached hydrogens (primary N) is 1. The van der Waals surface area contributed by atoms with E-state index in [1.54, 1.807) is 16.8 Å². The lowest BCUT2D eigenvalue weighted by Crippen LogP contribution is -2.16. The molecule has 7 heteroatoms. The van der Waals surface area contributed by atoms with Crippen LogP contribution in [0, 0.1) is 5.82 Å². The van der Waals surface area contributed by atoms with Gasteiger partial charge in [-0.3, -0.25) is 4.68 Å². The van der Waals surface area contributed by atoms with Gasteiger partial charge in [0, 0.05) is 25.4 Å². The van der Waals surface area contributed by atoms with Crippen molar-refractivity contribution in [3.63, 3.8) is 0 Å². The molecule has 0 aliphatic heterocycles. The van der Waals surface area contributed by atoms with E-state index in [2.05, 4.69) is 15.6 Å². The minimum Gasteiger partial charge on any atom is -0.409 e. The molecule has 0 fully saturated rings. The summed E-state index contributed by atoms with van der Waals surface area (Å²) in [6.45, 7) is 2.30. The van der Waals surface area contributed by atoms with Gasteiger partial charge in [-0.15, -0.1) is 0 Å². The second-order valence-electron chi connectivity index (χ2n) is 4.63. The van der Waals surface area contributed by atoms with Crippen LogP contribution in [0.25, 0.3) is 0 Å². The number of oxime groups is 1. The number of hydrogen-bond donors (Lipinski definition) is 3. The topological polar surface area (TPSA) is 88.5 Å². The minimum atomic E-state index is -0.498. The Labute approximate surface area is 122 Å². The van der Waals surface area contributed by atoms with Gasteiger partial charge < -0.3 is 16.3 Å². The summed E-state index contributed by atoms with van der Waals surface area (Å²) >= 11 is 0. The molecule has 112 valence electrons. The number of anilines is 1. The number of hydrogen-bond acceptors (Lipinski definition) is 4. The number of halogens is 1. The van der Waals surface area contributed by atoms with Crippen molar-refractivity contribution in [2.24, 2.45) is 17.9 Å². The van der Waals surface area contributed by atoms with Crippen LogP contribution in [-0.4, -0.2) is 20.8 Å². The van der Waals surface area contributed by atoms with Crippen LogP contribution >= 0.6 is 0 Å². The summed E-state index contributed by atoms with van der Waals surface area (Å²) in [6, 6.07) is 4.78. The van der Waals surface area contributed by atoms with E-state index in [-0.39, 0.29) is 17.9 Å². The molecule has 0 radical (unpaired) electrons. The molecule has 0 aliphatic carbocycles. The number of aromatic nitrogens is 2. The molecule has 0 aliphatic rings. The van der Waals surface area contributed by atoms with Crippen LogP contribution in [0.2, 0.25) is 0 Å². The molecule has 1 aromatic carbocycles. The zero-order valence-electron chi connectivity index (χ0n) is 12.0. The van der Waals surface area contributed by atoms with Gasteiger partial charge in [0.05, 0.1) is 16.9 Å². The van der Waals surface area contributed by atoms with Gasteiger partial charge in [0.25, 0.3) is 0 Å². The molecular weight excluding hydrogens is 273 g/mol. The smallest absolute Gasteiger partial charge is 0.173 e. The largest absolute Gasteiger partial charge is 0.409 e. The maximum atomic E-state index is 14.3. The molecule has 6 nitrogen and oxygen atoms in total. The summed E-state index contributed by atoms with van der Waals surface area (Å²) in [4.78, 5) is 0. The van der Waals surface area contributed by atoms with Crippen LogP contribution in [-0.2, 0) is 20.0 Å². The van der Waals surface area contributed by atoms with Crippen LogP contribution < -0.4 is 11.1 Å². The summed E-state index contributed by atoms with van der Waals surface area (Å²) in [5, 5.41) is 19.0. The fraction of sp³-hybridized carbons (Fsp3) is 0.286. The average molecular weight is 291 g/mol. The number of amidine groups is 1. The third-order valence-electron chi connectivity index (χ3n) is 3.17. The number of aryl methyl sites for hydroxylation is 2. The van der Waals surface area contributed by atoms with Gasteiger partial charge in [-0.2, -0.15) is 5.10 Å². The van der Waals surface area contributed by atoms with Gasteiger partial charge in [-0.05, 0) is 12.5 Å². The van der Waals surface area contributed by atoms with Crippen molar-refractivity contribution in [2.45, 2.75) is 19.9 Å². The SMILES string of the molecule is CCc1nn(C)cc1NCc1cccc(/C(N)=N/O)c1F. The van der Waals surface area contributed by atoms with E-state index in [0.717, 1.165) is 17.8 Å². The van der Waals surface area contributed by atoms with E-state index in [1.165, 1.54) is 6.07 Å². The van der Waals surface area contributed by atoms with Crippen LogP contribution in [0.3, 0.4) is 0 Å². The Morgan fingerprint density at radius 2 is 2.29 bits per heavy atom. The summed E-state index contributed by atoms with van der Waals surface area (Å²) in [5.41, 5.74) is 7.75. The fourth-order valence-electron chi connectivity index (χ4n) is 2.10. The van der Waals surface area contributed by atoms with E-state index in [9.17, 15) is 4.39 Å². The maximum absolute atomic E-state index is 14.3. The minimum absolute atomic E-state index is 0.0821. The molecule has 2 rings (SSSR count). The van der Waals surface area contributed by atoms with Gasteiger partial charge in [0.2, 0.25) is 0 Å². The van der Waals surface area contributed by atoms with Crippen LogP contribution in [0.15, 0.2) is 29.6 Å². The Balaban J connectivity index is 2.20. The van der Waals surface area contributed by atoms with Crippen molar-refractivity contribution in [1.82, 2.24) is 9.78 Å². The predicted molar refractivity (Wildman–Crippen MR) is 78.8 cm³/mol. The number of nitrogens with zero attached hydrogens (tertiary/aromatic N) is 3. The second kappa shape index (κ2) is 6.25. The third kappa shape index (κ3) is 3.13. The Kier molecular flexibility index (Phi) is 4.42. The molecule has 1 heterocycles. The lowest BCUT2D eigenvalue weighted by atomic mass is 10.1. The van der Waals surface area contributed by atoms with E-state index in [0.29, 0.717) is 5.56 Å². The predicted octanol–water partition coefficient (Wildman–Crippen LogP) is 1.83. The number of benzene rings is 1. The third-order valence-corrected chi connectivity index (χ3v) is 3.17. The highest BCUT2D eigenvalue weighted by Gasteiger charge is 2.12. The monoisotopic (exact) mass is 291 g/mol. The molecule has 2 aromatic rings. The lowest BCUT2D eigenvalue weighted by Gasteiger charge is -2.09. The highest BCUT2D eigenvalue weighted by molar-refractivity contribution is 5.97. The summed E-state index contributed by atoms with van der Waals surface area (Å²) in [5.74, 6) is -0.743. The first-order chi connectivity index (χ1) is 10.1. The molecule has 0 unspecified atom stereocenters. The highest BCUT2D eigenvalue weighted by atomic mass is 19.1. The van der Waals surface area contributed by atoms with Crippen molar-refractivity contribution >= 4 is 11.5 Å². The second-order valence-corrected chi connectivity index (χ2v) is 4.63. The van der Waals surface area contributed by atoms with Crippen molar-refractivity contribution in [1.29, 1.82) is 0 Å². The molecule has 4 N–H and O–H groups in total. The molecule has 21 heavy (non-hydrogen) atoms. The molecule has 0 spiro atoms. The first-order valence-corrected chi connectivity index (χ1v) is 6.58. The normalized spacial score (nSPS) is 11.7. The molecule has 0 bridgehead atoms. The molecule has 0 atom stereocenters. The quantitative estimate of drug-likeness (QED) is 0.339. The molecular formula is C14H18FN5O. The zero-order valence-corrected chi connectivity index (χ0v) is 12.0. The lowest BCUT2D eigenvalue weighted by molar-refractivity contribution is 0.318. The maximum Gasteiger partial charge on any atom is 0.173 e. The van der Waals surface area contributed by atoms with Gasteiger partial charge >= 0.3 is 0 Å². The van der Waals surface area contributed by atoms with Gasteiger partial charge in [0.1, 0.15) is 5.82 Å². The van der Waals surface area contributed by atoms with E-state index < -0.39 is 5.82 Å². The van der Waals surface area contributed by atoms with Crippen molar-refractivity contribution in [3.05, 3.63) is 47.0 Å². The Bertz CT molecular complexity index is 665. The van der Waals surface area contributed by atoms with E-state index in [4.69, 9.17) is 10.9 Å². The summed E-state index contributed by atoms with van der Waals surface area (Å²) < 4.78 is 16.0. The van der Waals surface area contributed by atoms with Crippen molar-refractivity contribution < 1.29 is 9.60 Å².